The minimum absolute atomic E-state index is 0.212. The number of carbonyl (C=O) groups is 1. The fraction of sp³-hybridized carbons (Fsp3) is 0.462. The van der Waals surface area contributed by atoms with E-state index in [0.717, 1.165) is 5.56 Å². The van der Waals surface area contributed by atoms with Crippen molar-refractivity contribution in [1.82, 2.24) is 0 Å². The van der Waals surface area contributed by atoms with E-state index in [0.29, 0.717) is 6.42 Å². The maximum absolute atomic E-state index is 11.7. The Morgan fingerprint density at radius 2 is 1.88 bits per heavy atom. The molecule has 0 N–H and O–H groups in total. The molecule has 0 spiro atoms. The van der Waals surface area contributed by atoms with Gasteiger partial charge in [0.15, 0.2) is 0 Å². The highest BCUT2D eigenvalue weighted by Gasteiger charge is 2.22. The molecule has 0 radical (unpaired) electrons. The summed E-state index contributed by atoms with van der Waals surface area (Å²) in [5.74, 6) is -0.212. The summed E-state index contributed by atoms with van der Waals surface area (Å²) < 4.78 is 5.29. The third kappa shape index (κ3) is 4.79. The number of benzene rings is 1. The van der Waals surface area contributed by atoms with Crippen LogP contribution in [0.2, 0.25) is 0 Å². The molecule has 0 saturated heterocycles. The molecule has 0 aliphatic carbocycles. The van der Waals surface area contributed by atoms with Gasteiger partial charge in [-0.05, 0) is 32.8 Å². The molecular weight excluding hydrogens is 268 g/mol. The lowest BCUT2D eigenvalue weighted by Gasteiger charge is -2.21. The van der Waals surface area contributed by atoms with Gasteiger partial charge in [-0.3, -0.25) is 4.79 Å². The zero-order chi connectivity index (χ0) is 12.2. The summed E-state index contributed by atoms with van der Waals surface area (Å²) in [7, 11) is 0. The molecule has 0 aliphatic rings. The van der Waals surface area contributed by atoms with Crippen molar-refractivity contribution < 1.29 is 9.53 Å². The zero-order valence-electron chi connectivity index (χ0n) is 9.87. The Bertz CT molecular complexity index is 341. The SMILES string of the molecule is CC(C)(C)OC(=O)[C@H](Br)Cc1ccccc1. The van der Waals surface area contributed by atoms with Gasteiger partial charge in [0.2, 0.25) is 0 Å². The van der Waals surface area contributed by atoms with Crippen LogP contribution in [0.4, 0.5) is 0 Å². The number of esters is 1. The summed E-state index contributed by atoms with van der Waals surface area (Å²) in [4.78, 5) is 11.4. The average Bonchev–Trinajstić information content (AvgIpc) is 2.16. The first-order chi connectivity index (χ1) is 7.38. The van der Waals surface area contributed by atoms with Gasteiger partial charge in [-0.25, -0.2) is 0 Å². The van der Waals surface area contributed by atoms with E-state index in [2.05, 4.69) is 15.9 Å². The lowest BCUT2D eigenvalue weighted by molar-refractivity contribution is -0.153. The topological polar surface area (TPSA) is 26.3 Å². The summed E-state index contributed by atoms with van der Waals surface area (Å²) in [6.07, 6.45) is 0.649. The number of ether oxygens (including phenoxy) is 1. The third-order valence-electron chi connectivity index (χ3n) is 1.92. The zero-order valence-corrected chi connectivity index (χ0v) is 11.5. The maximum atomic E-state index is 11.7. The molecule has 0 saturated carbocycles. The van der Waals surface area contributed by atoms with Crippen LogP contribution < -0.4 is 0 Å². The van der Waals surface area contributed by atoms with Gasteiger partial charge in [-0.2, -0.15) is 0 Å². The van der Waals surface area contributed by atoms with E-state index in [9.17, 15) is 4.79 Å². The number of hydrogen-bond donors (Lipinski definition) is 0. The first kappa shape index (κ1) is 13.2. The van der Waals surface area contributed by atoms with E-state index in [4.69, 9.17) is 4.74 Å². The summed E-state index contributed by atoms with van der Waals surface area (Å²) >= 11 is 3.36. The van der Waals surface area contributed by atoms with E-state index in [1.807, 2.05) is 51.1 Å². The van der Waals surface area contributed by atoms with Crippen LogP contribution in [-0.4, -0.2) is 16.4 Å². The van der Waals surface area contributed by atoms with Crippen LogP contribution in [0, 0.1) is 0 Å². The molecule has 2 nitrogen and oxygen atoms in total. The van der Waals surface area contributed by atoms with Crippen LogP contribution in [0.3, 0.4) is 0 Å². The Kier molecular flexibility index (Phi) is 4.54. The van der Waals surface area contributed by atoms with Crippen LogP contribution >= 0.6 is 15.9 Å². The molecule has 0 aromatic heterocycles. The van der Waals surface area contributed by atoms with Gasteiger partial charge >= 0.3 is 5.97 Å². The highest BCUT2D eigenvalue weighted by molar-refractivity contribution is 9.10. The molecule has 0 heterocycles. The first-order valence-electron chi connectivity index (χ1n) is 5.29. The van der Waals surface area contributed by atoms with E-state index in [1.54, 1.807) is 0 Å². The molecule has 1 aromatic carbocycles. The predicted octanol–water partition coefficient (Wildman–Crippen LogP) is 3.33. The van der Waals surface area contributed by atoms with Crippen LogP contribution in [0.1, 0.15) is 26.3 Å². The van der Waals surface area contributed by atoms with E-state index in [1.165, 1.54) is 0 Å². The summed E-state index contributed by atoms with van der Waals surface area (Å²) in [6.45, 7) is 5.60. The number of halogens is 1. The van der Waals surface area contributed by atoms with Crippen molar-refractivity contribution >= 4 is 21.9 Å². The molecule has 3 heteroatoms. The van der Waals surface area contributed by atoms with Crippen molar-refractivity contribution in [3.63, 3.8) is 0 Å². The highest BCUT2D eigenvalue weighted by atomic mass is 79.9. The first-order valence-corrected chi connectivity index (χ1v) is 6.21. The van der Waals surface area contributed by atoms with Crippen LogP contribution in [0.5, 0.6) is 0 Å². The van der Waals surface area contributed by atoms with Gasteiger partial charge in [-0.1, -0.05) is 46.3 Å². The van der Waals surface area contributed by atoms with Crippen molar-refractivity contribution in [3.8, 4) is 0 Å². The van der Waals surface area contributed by atoms with Crippen LogP contribution in [0.25, 0.3) is 0 Å². The quantitative estimate of drug-likeness (QED) is 0.629. The molecular formula is C13H17BrO2. The Balaban J connectivity index is 2.53. The standard InChI is InChI=1S/C13H17BrO2/c1-13(2,3)16-12(15)11(14)9-10-7-5-4-6-8-10/h4-8,11H,9H2,1-3H3/t11-/m1/s1. The van der Waals surface area contributed by atoms with Gasteiger partial charge in [0.05, 0.1) is 0 Å². The molecule has 1 atom stereocenters. The van der Waals surface area contributed by atoms with Crippen molar-refractivity contribution in [2.75, 3.05) is 0 Å². The number of alkyl halides is 1. The average molecular weight is 285 g/mol. The minimum atomic E-state index is -0.431. The Morgan fingerprint density at radius 3 is 2.38 bits per heavy atom. The monoisotopic (exact) mass is 284 g/mol. The van der Waals surface area contributed by atoms with Crippen molar-refractivity contribution in [3.05, 3.63) is 35.9 Å². The number of carbonyl (C=O) groups excluding carboxylic acids is 1. The predicted molar refractivity (Wildman–Crippen MR) is 68.7 cm³/mol. The lowest BCUT2D eigenvalue weighted by Crippen LogP contribution is -2.29. The van der Waals surface area contributed by atoms with Crippen molar-refractivity contribution in [1.29, 1.82) is 0 Å². The minimum Gasteiger partial charge on any atom is -0.459 e. The molecule has 0 unspecified atom stereocenters. The molecule has 0 aliphatic heterocycles. The maximum Gasteiger partial charge on any atom is 0.320 e. The molecule has 88 valence electrons. The lowest BCUT2D eigenvalue weighted by atomic mass is 10.1. The molecule has 16 heavy (non-hydrogen) atoms. The molecule has 0 amide bonds. The Labute approximate surface area is 105 Å². The fourth-order valence-corrected chi connectivity index (χ4v) is 1.74. The smallest absolute Gasteiger partial charge is 0.320 e. The second-order valence-electron chi connectivity index (χ2n) is 4.69. The van der Waals surface area contributed by atoms with Gasteiger partial charge in [-0.15, -0.1) is 0 Å². The van der Waals surface area contributed by atoms with Crippen LogP contribution in [0.15, 0.2) is 30.3 Å². The Hall–Kier alpha value is -0.830. The van der Waals surface area contributed by atoms with Gasteiger partial charge in [0.1, 0.15) is 10.4 Å². The van der Waals surface area contributed by atoms with Gasteiger partial charge < -0.3 is 4.74 Å². The second kappa shape index (κ2) is 5.48. The second-order valence-corrected chi connectivity index (χ2v) is 5.80. The normalized spacial score (nSPS) is 13.2. The summed E-state index contributed by atoms with van der Waals surface area (Å²) in [5, 5.41) is 0. The number of hydrogen-bond acceptors (Lipinski definition) is 2. The largest absolute Gasteiger partial charge is 0.459 e. The van der Waals surface area contributed by atoms with Gasteiger partial charge in [0, 0.05) is 0 Å². The van der Waals surface area contributed by atoms with Gasteiger partial charge in [0.25, 0.3) is 0 Å². The molecule has 1 rings (SSSR count). The fourth-order valence-electron chi connectivity index (χ4n) is 1.27. The summed E-state index contributed by atoms with van der Waals surface area (Å²) in [6, 6.07) is 9.88. The summed E-state index contributed by atoms with van der Waals surface area (Å²) in [5.41, 5.74) is 0.690. The van der Waals surface area contributed by atoms with E-state index in [-0.39, 0.29) is 10.8 Å². The highest BCUT2D eigenvalue weighted by Crippen LogP contribution is 2.15. The van der Waals surface area contributed by atoms with Crippen LogP contribution in [-0.2, 0) is 16.0 Å². The molecule has 1 aromatic rings. The van der Waals surface area contributed by atoms with Crippen molar-refractivity contribution in [2.45, 2.75) is 37.6 Å². The van der Waals surface area contributed by atoms with E-state index < -0.39 is 5.60 Å². The Morgan fingerprint density at radius 1 is 1.31 bits per heavy atom. The van der Waals surface area contributed by atoms with Crippen molar-refractivity contribution in [2.24, 2.45) is 0 Å². The molecule has 0 fully saturated rings. The van der Waals surface area contributed by atoms with E-state index >= 15 is 0 Å². The third-order valence-corrected chi connectivity index (χ3v) is 2.62. The number of rotatable bonds is 3. The molecule has 0 bridgehead atoms.